The first kappa shape index (κ1) is 20.6. The Bertz CT molecular complexity index is 883. The Hall–Kier alpha value is -3.18. The van der Waals surface area contributed by atoms with Crippen LogP contribution >= 0.6 is 0 Å². The van der Waals surface area contributed by atoms with E-state index in [0.717, 1.165) is 38.3 Å². The summed E-state index contributed by atoms with van der Waals surface area (Å²) in [7, 11) is 4.71. The van der Waals surface area contributed by atoms with E-state index in [-0.39, 0.29) is 0 Å². The van der Waals surface area contributed by atoms with Crippen molar-refractivity contribution in [3.63, 3.8) is 0 Å². The van der Waals surface area contributed by atoms with Crippen LogP contribution in [0.3, 0.4) is 0 Å². The first-order chi connectivity index (χ1) is 14.1. The fraction of sp³-hybridized carbons (Fsp3) is 0.429. The maximum absolute atomic E-state index is 9.46. The lowest BCUT2D eigenvalue weighted by Gasteiger charge is -2.33. The molecule has 29 heavy (non-hydrogen) atoms. The Morgan fingerprint density at radius 2 is 1.72 bits per heavy atom. The molecule has 3 rings (SSSR count). The minimum atomic E-state index is 0.305. The van der Waals surface area contributed by atoms with Crippen molar-refractivity contribution >= 4 is 18.0 Å². The van der Waals surface area contributed by atoms with Gasteiger partial charge in [0.1, 0.15) is 6.07 Å². The van der Waals surface area contributed by atoms with Gasteiger partial charge in [-0.3, -0.25) is 0 Å². The number of aromatic nitrogens is 1. The molecule has 0 saturated carbocycles. The summed E-state index contributed by atoms with van der Waals surface area (Å²) >= 11 is 0. The third-order valence-corrected chi connectivity index (χ3v) is 4.94. The molecule has 1 aromatic heterocycles. The van der Waals surface area contributed by atoms with Gasteiger partial charge in [0.25, 0.3) is 0 Å². The Labute approximate surface area is 170 Å². The fourth-order valence-corrected chi connectivity index (χ4v) is 3.32. The lowest BCUT2D eigenvalue weighted by molar-refractivity contribution is 0.266. The second kappa shape index (κ2) is 9.34. The van der Waals surface area contributed by atoms with Crippen LogP contribution in [-0.4, -0.2) is 63.9 Å². The smallest absolute Gasteiger partial charge is 0.235 e. The number of benzene rings is 1. The quantitative estimate of drug-likeness (QED) is 0.704. The molecule has 0 radical (unpaired) electrons. The van der Waals surface area contributed by atoms with Crippen molar-refractivity contribution in [2.24, 2.45) is 0 Å². The fourth-order valence-electron chi connectivity index (χ4n) is 3.32. The Balaban J connectivity index is 1.83. The van der Waals surface area contributed by atoms with E-state index >= 15 is 0 Å². The van der Waals surface area contributed by atoms with Crippen LogP contribution in [0.2, 0.25) is 0 Å². The van der Waals surface area contributed by atoms with E-state index in [9.17, 15) is 5.26 Å². The normalized spacial score (nSPS) is 14.8. The van der Waals surface area contributed by atoms with Crippen LogP contribution in [0, 0.1) is 11.3 Å². The predicted octanol–water partition coefficient (Wildman–Crippen LogP) is 2.88. The molecular weight excluding hydrogens is 372 g/mol. The molecule has 8 heteroatoms. The van der Waals surface area contributed by atoms with E-state index in [2.05, 4.69) is 27.8 Å². The zero-order valence-electron chi connectivity index (χ0n) is 17.3. The van der Waals surface area contributed by atoms with Gasteiger partial charge in [0.05, 0.1) is 21.3 Å². The molecule has 0 N–H and O–H groups in total. The largest absolute Gasteiger partial charge is 0.493 e. The Morgan fingerprint density at radius 1 is 1.07 bits per heavy atom. The van der Waals surface area contributed by atoms with Crippen LogP contribution < -0.4 is 19.1 Å². The molecule has 0 spiro atoms. The monoisotopic (exact) mass is 398 g/mol. The van der Waals surface area contributed by atoms with E-state index in [1.807, 2.05) is 18.2 Å². The summed E-state index contributed by atoms with van der Waals surface area (Å²) in [4.78, 5) is 8.76. The number of anilines is 1. The summed E-state index contributed by atoms with van der Waals surface area (Å²) in [5, 5.41) is 9.46. The van der Waals surface area contributed by atoms with Gasteiger partial charge in [-0.1, -0.05) is 6.92 Å². The second-order valence-corrected chi connectivity index (χ2v) is 6.53. The van der Waals surface area contributed by atoms with E-state index in [1.165, 1.54) is 0 Å². The number of rotatable bonds is 7. The minimum Gasteiger partial charge on any atom is -0.493 e. The van der Waals surface area contributed by atoms with Crippen LogP contribution in [0.5, 0.6) is 17.2 Å². The zero-order valence-corrected chi connectivity index (χ0v) is 17.3. The molecule has 0 amide bonds. The molecule has 0 aliphatic carbocycles. The molecule has 1 aromatic carbocycles. The summed E-state index contributed by atoms with van der Waals surface area (Å²) in [5.41, 5.74) is 1.13. The summed E-state index contributed by atoms with van der Waals surface area (Å²) in [5.74, 6) is 2.57. The molecule has 0 atom stereocenters. The topological polar surface area (TPSA) is 84.0 Å². The summed E-state index contributed by atoms with van der Waals surface area (Å²) in [6.07, 6.45) is 3.56. The van der Waals surface area contributed by atoms with Gasteiger partial charge in [-0.25, -0.2) is 0 Å². The van der Waals surface area contributed by atoms with Crippen molar-refractivity contribution in [2.75, 3.05) is 59.0 Å². The maximum atomic E-state index is 9.46. The zero-order chi connectivity index (χ0) is 20.8. The van der Waals surface area contributed by atoms with Crippen molar-refractivity contribution in [3.05, 3.63) is 29.3 Å². The molecule has 154 valence electrons. The third-order valence-electron chi connectivity index (χ3n) is 4.94. The number of methoxy groups -OCH3 is 3. The molecule has 2 aromatic rings. The number of hydrogen-bond donors (Lipinski definition) is 0. The molecule has 8 nitrogen and oxygen atoms in total. The van der Waals surface area contributed by atoms with Gasteiger partial charge in [0.2, 0.25) is 23.2 Å². The van der Waals surface area contributed by atoms with Crippen LogP contribution in [0.4, 0.5) is 5.88 Å². The molecule has 0 unspecified atom stereocenters. The Morgan fingerprint density at radius 3 is 2.24 bits per heavy atom. The van der Waals surface area contributed by atoms with Gasteiger partial charge in [-0.2, -0.15) is 10.2 Å². The lowest BCUT2D eigenvalue weighted by Crippen LogP contribution is -2.46. The van der Waals surface area contributed by atoms with Gasteiger partial charge in [-0.15, -0.1) is 0 Å². The van der Waals surface area contributed by atoms with Gasteiger partial charge in [0.15, 0.2) is 11.5 Å². The molecule has 0 bridgehead atoms. The van der Waals surface area contributed by atoms with Crippen molar-refractivity contribution in [1.82, 2.24) is 9.88 Å². The summed E-state index contributed by atoms with van der Waals surface area (Å²) in [6.45, 7) is 6.69. The van der Waals surface area contributed by atoms with Gasteiger partial charge in [-0.05, 0) is 30.3 Å². The van der Waals surface area contributed by atoms with Crippen LogP contribution in [0.1, 0.15) is 24.1 Å². The van der Waals surface area contributed by atoms with Gasteiger partial charge < -0.3 is 28.4 Å². The summed E-state index contributed by atoms with van der Waals surface area (Å²) < 4.78 is 22.0. The molecule has 2 heterocycles. The number of oxazole rings is 1. The highest BCUT2D eigenvalue weighted by atomic mass is 16.5. The second-order valence-electron chi connectivity index (χ2n) is 6.53. The number of nitrogens with zero attached hydrogens (tertiary/aromatic N) is 4. The highest BCUT2D eigenvalue weighted by Gasteiger charge is 2.23. The third kappa shape index (κ3) is 4.46. The Kier molecular flexibility index (Phi) is 6.62. The first-order valence-electron chi connectivity index (χ1n) is 9.49. The molecule has 1 saturated heterocycles. The van der Waals surface area contributed by atoms with Crippen molar-refractivity contribution in [2.45, 2.75) is 6.92 Å². The predicted molar refractivity (Wildman–Crippen MR) is 111 cm³/mol. The highest BCUT2D eigenvalue weighted by Crippen LogP contribution is 2.38. The van der Waals surface area contributed by atoms with Crippen molar-refractivity contribution in [3.8, 4) is 23.3 Å². The number of hydrogen-bond acceptors (Lipinski definition) is 8. The number of ether oxygens (including phenoxy) is 3. The minimum absolute atomic E-state index is 0.305. The summed E-state index contributed by atoms with van der Waals surface area (Å²) in [6, 6.07) is 5.80. The first-order valence-corrected chi connectivity index (χ1v) is 9.49. The maximum Gasteiger partial charge on any atom is 0.235 e. The SMILES string of the molecule is CCN1CCN(c2oc(/C=C/c3cc(OC)c(OC)c(OC)c3)nc2C#N)CC1. The van der Waals surface area contributed by atoms with Gasteiger partial charge in [0, 0.05) is 32.3 Å². The van der Waals surface area contributed by atoms with Crippen LogP contribution in [0.15, 0.2) is 16.5 Å². The van der Waals surface area contributed by atoms with E-state index in [0.29, 0.717) is 34.7 Å². The van der Waals surface area contributed by atoms with Crippen LogP contribution in [0.25, 0.3) is 12.2 Å². The standard InChI is InChI=1S/C21H26N4O4/c1-5-24-8-10-25(11-9-24)21-16(14-22)23-19(29-21)7-6-15-12-17(26-2)20(28-4)18(13-15)27-3/h6-7,12-13H,5,8-11H2,1-4H3/b7-6+. The van der Waals surface area contributed by atoms with Crippen molar-refractivity contribution in [1.29, 1.82) is 5.26 Å². The molecule has 1 aliphatic heterocycles. The molecule has 1 fully saturated rings. The van der Waals surface area contributed by atoms with E-state index in [1.54, 1.807) is 27.4 Å². The molecular formula is C21H26N4O4. The molecule has 1 aliphatic rings. The highest BCUT2D eigenvalue weighted by molar-refractivity contribution is 5.71. The lowest BCUT2D eigenvalue weighted by atomic mass is 10.1. The number of nitriles is 1. The van der Waals surface area contributed by atoms with Crippen LogP contribution in [-0.2, 0) is 0 Å². The van der Waals surface area contributed by atoms with Gasteiger partial charge >= 0.3 is 0 Å². The van der Waals surface area contributed by atoms with Crippen molar-refractivity contribution < 1.29 is 18.6 Å². The van der Waals surface area contributed by atoms with E-state index in [4.69, 9.17) is 18.6 Å². The number of likely N-dealkylation sites (N-methyl/N-ethyl adjacent to an activating group) is 1. The average molecular weight is 398 g/mol. The van der Waals surface area contributed by atoms with E-state index < -0.39 is 0 Å². The number of piperazine rings is 1. The average Bonchev–Trinajstić information content (AvgIpc) is 3.20.